The molecule has 2 aromatic rings. The Hall–Kier alpha value is -1.64. The summed E-state index contributed by atoms with van der Waals surface area (Å²) in [6, 6.07) is 16.5. The Morgan fingerprint density at radius 1 is 0.950 bits per heavy atom. The summed E-state index contributed by atoms with van der Waals surface area (Å²) in [5.74, 6) is 0. The molecule has 0 radical (unpaired) electrons. The van der Waals surface area contributed by atoms with Crippen molar-refractivity contribution in [3.8, 4) is 0 Å². The first-order valence-electron chi connectivity index (χ1n) is 7.11. The minimum Gasteiger partial charge on any atom is -0.387 e. The van der Waals surface area contributed by atoms with Gasteiger partial charge in [-0.1, -0.05) is 48.5 Å². The first kappa shape index (κ1) is 14.8. The minimum absolute atomic E-state index is 0.229. The Morgan fingerprint density at radius 3 is 2.30 bits per heavy atom. The van der Waals surface area contributed by atoms with E-state index >= 15 is 0 Å². The predicted molar refractivity (Wildman–Crippen MR) is 83.7 cm³/mol. The maximum atomic E-state index is 10.2. The molecule has 2 unspecified atom stereocenters. The fraction of sp³-hybridized carbons (Fsp3) is 0.333. The molecule has 0 aliphatic heterocycles. The van der Waals surface area contributed by atoms with Gasteiger partial charge in [0.05, 0.1) is 6.10 Å². The second-order valence-electron chi connectivity index (χ2n) is 5.40. The summed E-state index contributed by atoms with van der Waals surface area (Å²) in [6.45, 7) is 6.93. The van der Waals surface area contributed by atoms with E-state index in [-0.39, 0.29) is 6.04 Å². The first-order valence-corrected chi connectivity index (χ1v) is 7.11. The van der Waals surface area contributed by atoms with Crippen molar-refractivity contribution in [3.63, 3.8) is 0 Å². The summed E-state index contributed by atoms with van der Waals surface area (Å²) >= 11 is 0. The van der Waals surface area contributed by atoms with Crippen LogP contribution in [0.2, 0.25) is 0 Å². The Bertz CT molecular complexity index is 551. The van der Waals surface area contributed by atoms with Crippen LogP contribution in [0.4, 0.5) is 0 Å². The van der Waals surface area contributed by atoms with Gasteiger partial charge in [-0.2, -0.15) is 0 Å². The Balaban J connectivity index is 1.95. The van der Waals surface area contributed by atoms with Crippen LogP contribution in [0, 0.1) is 13.8 Å². The summed E-state index contributed by atoms with van der Waals surface area (Å²) in [5, 5.41) is 13.5. The van der Waals surface area contributed by atoms with Gasteiger partial charge in [0, 0.05) is 12.6 Å². The average molecular weight is 269 g/mol. The molecule has 2 atom stereocenters. The number of nitrogens with one attached hydrogen (secondary N) is 1. The highest BCUT2D eigenvalue weighted by Gasteiger charge is 2.10. The monoisotopic (exact) mass is 269 g/mol. The van der Waals surface area contributed by atoms with Crippen LogP contribution in [0.5, 0.6) is 0 Å². The lowest BCUT2D eigenvalue weighted by molar-refractivity contribution is 0.171. The maximum absolute atomic E-state index is 10.2. The molecule has 2 aromatic carbocycles. The van der Waals surface area contributed by atoms with Gasteiger partial charge in [0.2, 0.25) is 0 Å². The second-order valence-corrected chi connectivity index (χ2v) is 5.40. The standard InChI is InChI=1S/C18H23NO/c1-13-9-10-17(11-14(13)2)15(3)19-12-18(20)16-7-5-4-6-8-16/h4-11,15,18-20H,12H2,1-3H3. The van der Waals surface area contributed by atoms with Crippen LogP contribution in [0.3, 0.4) is 0 Å². The molecule has 0 saturated carbocycles. The fourth-order valence-electron chi connectivity index (χ4n) is 2.23. The number of aryl methyl sites for hydroxylation is 2. The Kier molecular flexibility index (Phi) is 4.94. The smallest absolute Gasteiger partial charge is 0.0914 e. The van der Waals surface area contributed by atoms with Crippen molar-refractivity contribution in [3.05, 3.63) is 70.8 Å². The van der Waals surface area contributed by atoms with Gasteiger partial charge >= 0.3 is 0 Å². The predicted octanol–water partition coefficient (Wildman–Crippen LogP) is 3.69. The van der Waals surface area contributed by atoms with Crippen molar-refractivity contribution in [2.45, 2.75) is 32.9 Å². The van der Waals surface area contributed by atoms with Gasteiger partial charge in [0.25, 0.3) is 0 Å². The molecule has 0 aliphatic carbocycles. The van der Waals surface area contributed by atoms with Gasteiger partial charge < -0.3 is 10.4 Å². The summed E-state index contributed by atoms with van der Waals surface area (Å²) in [4.78, 5) is 0. The van der Waals surface area contributed by atoms with Crippen LogP contribution in [0.25, 0.3) is 0 Å². The van der Waals surface area contributed by atoms with E-state index in [1.54, 1.807) is 0 Å². The van der Waals surface area contributed by atoms with Gasteiger partial charge in [-0.05, 0) is 43.0 Å². The number of benzene rings is 2. The SMILES string of the molecule is Cc1ccc(C(C)NCC(O)c2ccccc2)cc1C. The van der Waals surface area contributed by atoms with E-state index in [0.29, 0.717) is 6.54 Å². The van der Waals surface area contributed by atoms with Gasteiger partial charge in [0.15, 0.2) is 0 Å². The number of aliphatic hydroxyl groups is 1. The van der Waals surface area contributed by atoms with Gasteiger partial charge in [-0.15, -0.1) is 0 Å². The lowest BCUT2D eigenvalue weighted by Gasteiger charge is -2.18. The molecule has 0 saturated heterocycles. The molecule has 0 amide bonds. The number of hydrogen-bond donors (Lipinski definition) is 2. The molecular formula is C18H23NO. The molecule has 2 rings (SSSR count). The van der Waals surface area contributed by atoms with Gasteiger partial charge in [-0.3, -0.25) is 0 Å². The van der Waals surface area contributed by atoms with Crippen molar-refractivity contribution in [1.29, 1.82) is 0 Å². The third kappa shape index (κ3) is 3.69. The van der Waals surface area contributed by atoms with E-state index in [1.165, 1.54) is 16.7 Å². The van der Waals surface area contributed by atoms with Crippen LogP contribution in [-0.4, -0.2) is 11.7 Å². The van der Waals surface area contributed by atoms with Crippen LogP contribution >= 0.6 is 0 Å². The lowest BCUT2D eigenvalue weighted by atomic mass is 10.0. The molecule has 106 valence electrons. The largest absolute Gasteiger partial charge is 0.387 e. The highest BCUT2D eigenvalue weighted by Crippen LogP contribution is 2.18. The molecule has 0 aromatic heterocycles. The average Bonchev–Trinajstić information content (AvgIpc) is 2.48. The van der Waals surface area contributed by atoms with Crippen molar-refractivity contribution in [1.82, 2.24) is 5.32 Å². The summed E-state index contributed by atoms with van der Waals surface area (Å²) < 4.78 is 0. The molecule has 0 heterocycles. The van der Waals surface area contributed by atoms with Crippen LogP contribution in [-0.2, 0) is 0 Å². The van der Waals surface area contributed by atoms with E-state index in [1.807, 2.05) is 30.3 Å². The molecule has 0 bridgehead atoms. The number of hydrogen-bond acceptors (Lipinski definition) is 2. The summed E-state index contributed by atoms with van der Waals surface area (Å²) in [6.07, 6.45) is -0.467. The highest BCUT2D eigenvalue weighted by molar-refractivity contribution is 5.31. The van der Waals surface area contributed by atoms with Crippen LogP contribution < -0.4 is 5.32 Å². The van der Waals surface area contributed by atoms with Crippen LogP contribution in [0.15, 0.2) is 48.5 Å². The van der Waals surface area contributed by atoms with Crippen molar-refractivity contribution in [2.75, 3.05) is 6.54 Å². The molecule has 2 N–H and O–H groups in total. The zero-order chi connectivity index (χ0) is 14.5. The highest BCUT2D eigenvalue weighted by atomic mass is 16.3. The second kappa shape index (κ2) is 6.69. The first-order chi connectivity index (χ1) is 9.58. The quantitative estimate of drug-likeness (QED) is 0.867. The van der Waals surface area contributed by atoms with E-state index in [2.05, 4.69) is 44.3 Å². The molecule has 0 spiro atoms. The third-order valence-corrected chi connectivity index (χ3v) is 3.83. The van der Waals surface area contributed by atoms with Gasteiger partial charge in [0.1, 0.15) is 0 Å². The van der Waals surface area contributed by atoms with Crippen molar-refractivity contribution >= 4 is 0 Å². The summed E-state index contributed by atoms with van der Waals surface area (Å²) in [7, 11) is 0. The molecule has 2 heteroatoms. The zero-order valence-electron chi connectivity index (χ0n) is 12.4. The normalized spacial score (nSPS) is 14.0. The zero-order valence-corrected chi connectivity index (χ0v) is 12.4. The molecule has 2 nitrogen and oxygen atoms in total. The maximum Gasteiger partial charge on any atom is 0.0914 e. The molecule has 0 fully saturated rings. The fourth-order valence-corrected chi connectivity index (χ4v) is 2.23. The molecular weight excluding hydrogens is 246 g/mol. The Labute approximate surface area is 121 Å². The van der Waals surface area contributed by atoms with Gasteiger partial charge in [-0.25, -0.2) is 0 Å². The van der Waals surface area contributed by atoms with E-state index < -0.39 is 6.10 Å². The summed E-state index contributed by atoms with van der Waals surface area (Å²) in [5.41, 5.74) is 4.82. The number of rotatable bonds is 5. The third-order valence-electron chi connectivity index (χ3n) is 3.83. The van der Waals surface area contributed by atoms with Crippen molar-refractivity contribution < 1.29 is 5.11 Å². The minimum atomic E-state index is -0.467. The van der Waals surface area contributed by atoms with E-state index in [9.17, 15) is 5.11 Å². The lowest BCUT2D eigenvalue weighted by Crippen LogP contribution is -2.24. The molecule has 20 heavy (non-hydrogen) atoms. The van der Waals surface area contributed by atoms with E-state index in [0.717, 1.165) is 5.56 Å². The number of aliphatic hydroxyl groups excluding tert-OH is 1. The van der Waals surface area contributed by atoms with E-state index in [4.69, 9.17) is 0 Å². The van der Waals surface area contributed by atoms with Crippen LogP contribution in [0.1, 0.15) is 41.3 Å². The van der Waals surface area contributed by atoms with Crippen molar-refractivity contribution in [2.24, 2.45) is 0 Å². The molecule has 0 aliphatic rings. The topological polar surface area (TPSA) is 32.3 Å². The Morgan fingerprint density at radius 2 is 1.65 bits per heavy atom.